The molecule has 5 heteroatoms. The lowest BCUT2D eigenvalue weighted by Gasteiger charge is -2.12. The average Bonchev–Trinajstić information content (AvgIpc) is 2.65. The molecule has 2 aromatic rings. The number of rotatable bonds is 10. The fraction of sp³-hybridized carbons (Fsp3) is 0.500. The zero-order valence-corrected chi connectivity index (χ0v) is 15.4. The predicted molar refractivity (Wildman–Crippen MR) is 105 cm³/mol. The molecule has 0 bridgehead atoms. The smallest absolute Gasteiger partial charge is 0.191 e. The summed E-state index contributed by atoms with van der Waals surface area (Å²) in [5.41, 5.74) is 2.16. The fourth-order valence-corrected chi connectivity index (χ4v) is 2.53. The van der Waals surface area contributed by atoms with Crippen molar-refractivity contribution in [1.29, 1.82) is 0 Å². The third-order valence-corrected chi connectivity index (χ3v) is 3.87. The largest absolute Gasteiger partial charge is 0.381 e. The van der Waals surface area contributed by atoms with Gasteiger partial charge in [0, 0.05) is 37.9 Å². The Hall–Kier alpha value is -2.14. The highest BCUT2D eigenvalue weighted by atomic mass is 16.5. The first-order valence-electron chi connectivity index (χ1n) is 9.27. The van der Waals surface area contributed by atoms with Crippen molar-refractivity contribution >= 4 is 16.9 Å². The van der Waals surface area contributed by atoms with Crippen molar-refractivity contribution in [3.63, 3.8) is 0 Å². The van der Waals surface area contributed by atoms with Crippen molar-refractivity contribution in [2.75, 3.05) is 26.3 Å². The SMILES string of the molecule is CCCCOCCCNC(=NCc1cccc2cccnc12)NCC. The van der Waals surface area contributed by atoms with Gasteiger partial charge in [-0.1, -0.05) is 37.6 Å². The fourth-order valence-electron chi connectivity index (χ4n) is 2.53. The molecule has 0 saturated heterocycles. The Kier molecular flexibility index (Phi) is 8.77. The number of unbranched alkanes of at least 4 members (excludes halogenated alkanes) is 1. The normalized spacial score (nSPS) is 11.7. The quantitative estimate of drug-likeness (QED) is 0.394. The molecule has 0 unspecified atom stereocenters. The number of hydrogen-bond donors (Lipinski definition) is 2. The van der Waals surface area contributed by atoms with Gasteiger partial charge in [-0.25, -0.2) is 4.99 Å². The number of para-hydroxylation sites is 1. The molecule has 0 atom stereocenters. The number of benzene rings is 1. The first-order chi connectivity index (χ1) is 12.3. The van der Waals surface area contributed by atoms with E-state index in [2.05, 4.69) is 53.7 Å². The van der Waals surface area contributed by atoms with E-state index in [1.54, 1.807) is 0 Å². The minimum atomic E-state index is 0.608. The lowest BCUT2D eigenvalue weighted by molar-refractivity contribution is 0.129. The lowest BCUT2D eigenvalue weighted by atomic mass is 10.1. The topological polar surface area (TPSA) is 58.5 Å². The molecule has 2 N–H and O–H groups in total. The van der Waals surface area contributed by atoms with Crippen LogP contribution < -0.4 is 10.6 Å². The van der Waals surface area contributed by atoms with Gasteiger partial charge in [-0.05, 0) is 31.4 Å². The molecule has 0 fully saturated rings. The molecule has 136 valence electrons. The molecule has 25 heavy (non-hydrogen) atoms. The van der Waals surface area contributed by atoms with Gasteiger partial charge in [-0.3, -0.25) is 4.98 Å². The zero-order valence-electron chi connectivity index (χ0n) is 15.4. The average molecular weight is 342 g/mol. The van der Waals surface area contributed by atoms with E-state index in [1.807, 2.05) is 12.3 Å². The lowest BCUT2D eigenvalue weighted by Crippen LogP contribution is -2.38. The van der Waals surface area contributed by atoms with E-state index in [0.717, 1.165) is 61.6 Å². The van der Waals surface area contributed by atoms with Crippen molar-refractivity contribution in [2.45, 2.75) is 39.7 Å². The van der Waals surface area contributed by atoms with Crippen LogP contribution in [0.3, 0.4) is 0 Å². The van der Waals surface area contributed by atoms with Crippen LogP contribution in [0.4, 0.5) is 0 Å². The van der Waals surface area contributed by atoms with E-state index in [4.69, 9.17) is 9.73 Å². The number of nitrogens with zero attached hydrogens (tertiary/aromatic N) is 2. The molecule has 0 aliphatic rings. The number of aliphatic imine (C=N–C) groups is 1. The second kappa shape index (κ2) is 11.4. The number of nitrogens with one attached hydrogen (secondary N) is 2. The van der Waals surface area contributed by atoms with Crippen LogP contribution in [0, 0.1) is 0 Å². The number of ether oxygens (including phenoxy) is 1. The summed E-state index contributed by atoms with van der Waals surface area (Å²) in [4.78, 5) is 9.18. The van der Waals surface area contributed by atoms with Crippen molar-refractivity contribution in [3.05, 3.63) is 42.1 Å². The minimum Gasteiger partial charge on any atom is -0.381 e. The van der Waals surface area contributed by atoms with Crippen LogP contribution in [0.25, 0.3) is 10.9 Å². The molecular weight excluding hydrogens is 312 g/mol. The van der Waals surface area contributed by atoms with E-state index < -0.39 is 0 Å². The maximum Gasteiger partial charge on any atom is 0.191 e. The standard InChI is InChI=1S/C20H30N4O/c1-3-5-14-25-15-8-13-23-20(21-4-2)24-16-18-10-6-9-17-11-7-12-22-19(17)18/h6-7,9-12H,3-5,8,13-16H2,1-2H3,(H2,21,23,24). The summed E-state index contributed by atoms with van der Waals surface area (Å²) in [5, 5.41) is 7.81. The van der Waals surface area contributed by atoms with E-state index >= 15 is 0 Å². The highest BCUT2D eigenvalue weighted by Crippen LogP contribution is 2.16. The summed E-state index contributed by atoms with van der Waals surface area (Å²) in [6, 6.07) is 10.3. The number of hydrogen-bond acceptors (Lipinski definition) is 3. The van der Waals surface area contributed by atoms with Crippen molar-refractivity contribution in [3.8, 4) is 0 Å². The molecule has 1 aromatic heterocycles. The molecule has 5 nitrogen and oxygen atoms in total. The van der Waals surface area contributed by atoms with Crippen LogP contribution in [0.1, 0.15) is 38.7 Å². The van der Waals surface area contributed by atoms with Gasteiger partial charge < -0.3 is 15.4 Å². The summed E-state index contributed by atoms with van der Waals surface area (Å²) in [6.07, 6.45) is 5.12. The second-order valence-electron chi connectivity index (χ2n) is 5.93. The summed E-state index contributed by atoms with van der Waals surface area (Å²) >= 11 is 0. The first-order valence-corrected chi connectivity index (χ1v) is 9.27. The minimum absolute atomic E-state index is 0.608. The molecular formula is C20H30N4O. The summed E-state index contributed by atoms with van der Waals surface area (Å²) < 4.78 is 5.58. The summed E-state index contributed by atoms with van der Waals surface area (Å²) in [7, 11) is 0. The molecule has 0 aliphatic heterocycles. The Bertz CT molecular complexity index is 652. The number of pyridine rings is 1. The van der Waals surface area contributed by atoms with Gasteiger partial charge in [-0.2, -0.15) is 0 Å². The summed E-state index contributed by atoms with van der Waals surface area (Å²) in [5.74, 6) is 0.837. The second-order valence-corrected chi connectivity index (χ2v) is 5.93. The van der Waals surface area contributed by atoms with E-state index in [0.29, 0.717) is 6.54 Å². The van der Waals surface area contributed by atoms with Crippen LogP contribution in [0.2, 0.25) is 0 Å². The zero-order chi connectivity index (χ0) is 17.7. The third-order valence-electron chi connectivity index (χ3n) is 3.87. The van der Waals surface area contributed by atoms with Gasteiger partial charge >= 0.3 is 0 Å². The number of fused-ring (bicyclic) bond motifs is 1. The van der Waals surface area contributed by atoms with Gasteiger partial charge in [0.15, 0.2) is 5.96 Å². The monoisotopic (exact) mass is 342 g/mol. The number of aromatic nitrogens is 1. The maximum absolute atomic E-state index is 5.58. The molecule has 1 heterocycles. The molecule has 2 rings (SSSR count). The Morgan fingerprint density at radius 1 is 1.08 bits per heavy atom. The van der Waals surface area contributed by atoms with Gasteiger partial charge in [0.25, 0.3) is 0 Å². The van der Waals surface area contributed by atoms with Gasteiger partial charge in [0.1, 0.15) is 0 Å². The Labute approximate surface area is 150 Å². The van der Waals surface area contributed by atoms with Crippen LogP contribution in [-0.4, -0.2) is 37.2 Å². The molecule has 0 radical (unpaired) electrons. The van der Waals surface area contributed by atoms with Gasteiger partial charge in [0.2, 0.25) is 0 Å². The molecule has 0 saturated carbocycles. The third kappa shape index (κ3) is 6.70. The molecule has 0 amide bonds. The predicted octanol–water partition coefficient (Wildman–Crippen LogP) is 3.50. The summed E-state index contributed by atoms with van der Waals surface area (Å²) in [6.45, 7) is 8.20. The Balaban J connectivity index is 1.86. The highest BCUT2D eigenvalue weighted by molar-refractivity contribution is 5.83. The van der Waals surface area contributed by atoms with Gasteiger partial charge in [0.05, 0.1) is 12.1 Å². The van der Waals surface area contributed by atoms with Crippen molar-refractivity contribution < 1.29 is 4.74 Å². The Morgan fingerprint density at radius 2 is 1.92 bits per heavy atom. The van der Waals surface area contributed by atoms with Crippen LogP contribution in [-0.2, 0) is 11.3 Å². The number of guanidine groups is 1. The van der Waals surface area contributed by atoms with Crippen molar-refractivity contribution in [1.82, 2.24) is 15.6 Å². The van der Waals surface area contributed by atoms with Crippen molar-refractivity contribution in [2.24, 2.45) is 4.99 Å². The maximum atomic E-state index is 5.58. The Morgan fingerprint density at radius 3 is 2.76 bits per heavy atom. The van der Waals surface area contributed by atoms with E-state index in [-0.39, 0.29) is 0 Å². The van der Waals surface area contributed by atoms with E-state index in [1.165, 1.54) is 6.42 Å². The molecule has 0 aliphatic carbocycles. The van der Waals surface area contributed by atoms with Gasteiger partial charge in [-0.15, -0.1) is 0 Å². The highest BCUT2D eigenvalue weighted by Gasteiger charge is 2.02. The first kappa shape index (κ1) is 19.2. The van der Waals surface area contributed by atoms with E-state index in [9.17, 15) is 0 Å². The van der Waals surface area contributed by atoms with Crippen LogP contribution in [0.5, 0.6) is 0 Å². The van der Waals surface area contributed by atoms with Crippen LogP contribution in [0.15, 0.2) is 41.5 Å². The van der Waals surface area contributed by atoms with Crippen LogP contribution >= 0.6 is 0 Å². The molecule has 0 spiro atoms. The molecule has 1 aromatic carbocycles.